The van der Waals surface area contributed by atoms with Gasteiger partial charge in [-0.1, -0.05) is 6.92 Å². The minimum absolute atomic E-state index is 0.0593. The number of carbonyl (C=O) groups is 1. The van der Waals surface area contributed by atoms with Gasteiger partial charge in [-0.05, 0) is 38.4 Å². The monoisotopic (exact) mass is 314 g/mol. The molecule has 0 aromatic carbocycles. The Morgan fingerprint density at radius 1 is 1.48 bits per heavy atom. The highest BCUT2D eigenvalue weighted by atomic mass is 16.1. The largest absolute Gasteiger partial charge is 0.349 e. The van der Waals surface area contributed by atoms with E-state index in [2.05, 4.69) is 39.1 Å². The zero-order chi connectivity index (χ0) is 16.2. The van der Waals surface area contributed by atoms with Crippen LogP contribution in [0.5, 0.6) is 0 Å². The molecule has 1 aliphatic heterocycles. The van der Waals surface area contributed by atoms with E-state index in [0.29, 0.717) is 17.4 Å². The fraction of sp³-hybridized carbons (Fsp3) is 0.500. The SMILES string of the molecule is CCN1CCC(NC(=O)c2ccnc(-n3cncn3)c2)CC1C. The smallest absolute Gasteiger partial charge is 0.251 e. The van der Waals surface area contributed by atoms with E-state index in [9.17, 15) is 4.79 Å². The normalized spacial score (nSPS) is 22.0. The quantitative estimate of drug-likeness (QED) is 0.919. The molecular formula is C16H22N6O. The lowest BCUT2D eigenvalue weighted by molar-refractivity contribution is 0.0881. The van der Waals surface area contributed by atoms with Crippen LogP contribution in [-0.4, -0.2) is 55.7 Å². The van der Waals surface area contributed by atoms with Crippen LogP contribution in [0.15, 0.2) is 31.0 Å². The van der Waals surface area contributed by atoms with Crippen LogP contribution < -0.4 is 5.32 Å². The van der Waals surface area contributed by atoms with Crippen molar-refractivity contribution in [1.82, 2.24) is 30.0 Å². The maximum absolute atomic E-state index is 12.5. The number of hydrogen-bond acceptors (Lipinski definition) is 5. The van der Waals surface area contributed by atoms with Crippen molar-refractivity contribution in [3.8, 4) is 5.82 Å². The molecule has 2 aromatic heterocycles. The number of hydrogen-bond donors (Lipinski definition) is 1. The highest BCUT2D eigenvalue weighted by Gasteiger charge is 2.25. The molecule has 23 heavy (non-hydrogen) atoms. The zero-order valence-electron chi connectivity index (χ0n) is 13.5. The van der Waals surface area contributed by atoms with Crippen LogP contribution in [0.1, 0.15) is 37.0 Å². The molecule has 0 radical (unpaired) electrons. The first-order valence-corrected chi connectivity index (χ1v) is 8.03. The fourth-order valence-corrected chi connectivity index (χ4v) is 3.10. The summed E-state index contributed by atoms with van der Waals surface area (Å²) < 4.78 is 1.54. The molecule has 3 heterocycles. The van der Waals surface area contributed by atoms with E-state index in [-0.39, 0.29) is 11.9 Å². The third kappa shape index (κ3) is 3.56. The van der Waals surface area contributed by atoms with Crippen molar-refractivity contribution in [2.75, 3.05) is 13.1 Å². The van der Waals surface area contributed by atoms with E-state index in [0.717, 1.165) is 25.9 Å². The summed E-state index contributed by atoms with van der Waals surface area (Å²) in [6, 6.07) is 4.18. The summed E-state index contributed by atoms with van der Waals surface area (Å²) in [7, 11) is 0. The number of likely N-dealkylation sites (tertiary alicyclic amines) is 1. The van der Waals surface area contributed by atoms with Gasteiger partial charge in [0.05, 0.1) is 0 Å². The number of carbonyl (C=O) groups excluding carboxylic acids is 1. The topological polar surface area (TPSA) is 75.9 Å². The van der Waals surface area contributed by atoms with Gasteiger partial charge in [0.1, 0.15) is 12.7 Å². The van der Waals surface area contributed by atoms with Crippen LogP contribution in [0.25, 0.3) is 5.82 Å². The molecule has 2 aromatic rings. The maximum atomic E-state index is 12.5. The lowest BCUT2D eigenvalue weighted by Crippen LogP contribution is -2.48. The molecule has 0 bridgehead atoms. The lowest BCUT2D eigenvalue weighted by Gasteiger charge is -2.37. The molecule has 0 saturated carbocycles. The molecule has 1 saturated heterocycles. The molecule has 2 unspecified atom stereocenters. The third-order valence-electron chi connectivity index (χ3n) is 4.42. The van der Waals surface area contributed by atoms with E-state index >= 15 is 0 Å². The van der Waals surface area contributed by atoms with Gasteiger partial charge in [-0.2, -0.15) is 5.10 Å². The van der Waals surface area contributed by atoms with Crippen molar-refractivity contribution in [2.24, 2.45) is 0 Å². The molecule has 0 aliphatic carbocycles. The third-order valence-corrected chi connectivity index (χ3v) is 4.42. The number of nitrogens with zero attached hydrogens (tertiary/aromatic N) is 5. The predicted octanol–water partition coefficient (Wildman–Crippen LogP) is 1.26. The Balaban J connectivity index is 1.66. The van der Waals surface area contributed by atoms with Crippen molar-refractivity contribution in [3.05, 3.63) is 36.5 Å². The summed E-state index contributed by atoms with van der Waals surface area (Å²) in [5, 5.41) is 7.18. The number of amides is 1. The molecule has 7 heteroatoms. The summed E-state index contributed by atoms with van der Waals surface area (Å²) in [5.74, 6) is 0.528. The van der Waals surface area contributed by atoms with Crippen molar-refractivity contribution >= 4 is 5.91 Å². The average Bonchev–Trinajstić information content (AvgIpc) is 3.10. The minimum Gasteiger partial charge on any atom is -0.349 e. The Labute approximate surface area is 135 Å². The molecule has 1 N–H and O–H groups in total. The van der Waals surface area contributed by atoms with E-state index in [1.54, 1.807) is 29.3 Å². The average molecular weight is 314 g/mol. The molecule has 3 rings (SSSR count). The van der Waals surface area contributed by atoms with Crippen LogP contribution in [0.3, 0.4) is 0 Å². The first-order chi connectivity index (χ1) is 11.2. The second-order valence-electron chi connectivity index (χ2n) is 5.92. The molecule has 122 valence electrons. The molecule has 1 amide bonds. The predicted molar refractivity (Wildman–Crippen MR) is 86.4 cm³/mol. The summed E-state index contributed by atoms with van der Waals surface area (Å²) in [6.45, 7) is 6.49. The zero-order valence-corrected chi connectivity index (χ0v) is 13.5. The summed E-state index contributed by atoms with van der Waals surface area (Å²) in [5.41, 5.74) is 0.594. The van der Waals surface area contributed by atoms with Gasteiger partial charge < -0.3 is 10.2 Å². The van der Waals surface area contributed by atoms with Crippen LogP contribution in [-0.2, 0) is 0 Å². The van der Waals surface area contributed by atoms with Crippen molar-refractivity contribution < 1.29 is 4.79 Å². The molecule has 7 nitrogen and oxygen atoms in total. The van der Waals surface area contributed by atoms with Crippen LogP contribution in [0.4, 0.5) is 0 Å². The van der Waals surface area contributed by atoms with Crippen molar-refractivity contribution in [2.45, 2.75) is 38.8 Å². The van der Waals surface area contributed by atoms with E-state index in [1.807, 2.05) is 0 Å². The van der Waals surface area contributed by atoms with E-state index in [4.69, 9.17) is 0 Å². The van der Waals surface area contributed by atoms with Gasteiger partial charge >= 0.3 is 0 Å². The number of rotatable bonds is 4. The highest BCUT2D eigenvalue weighted by Crippen LogP contribution is 2.17. The standard InChI is InChI=1S/C16H22N6O/c1-3-21-7-5-14(8-12(21)2)20-16(23)13-4-6-18-15(9-13)22-11-17-10-19-22/h4,6,9-12,14H,3,5,7-8H2,1-2H3,(H,20,23). The molecular weight excluding hydrogens is 292 g/mol. The van der Waals surface area contributed by atoms with Crippen molar-refractivity contribution in [1.29, 1.82) is 0 Å². The van der Waals surface area contributed by atoms with Crippen LogP contribution in [0.2, 0.25) is 0 Å². The van der Waals surface area contributed by atoms with Gasteiger partial charge in [0, 0.05) is 30.4 Å². The Hall–Kier alpha value is -2.28. The Bertz CT molecular complexity index is 656. The van der Waals surface area contributed by atoms with E-state index < -0.39 is 0 Å². The Kier molecular flexibility index (Phi) is 4.66. The van der Waals surface area contributed by atoms with Crippen LogP contribution >= 0.6 is 0 Å². The summed E-state index contributed by atoms with van der Waals surface area (Å²) in [4.78, 5) is 23.1. The van der Waals surface area contributed by atoms with Gasteiger partial charge in [-0.25, -0.2) is 14.6 Å². The van der Waals surface area contributed by atoms with Gasteiger partial charge in [0.25, 0.3) is 5.91 Å². The molecule has 0 spiro atoms. The minimum atomic E-state index is -0.0593. The second-order valence-corrected chi connectivity index (χ2v) is 5.92. The highest BCUT2D eigenvalue weighted by molar-refractivity contribution is 5.94. The molecule has 1 aliphatic rings. The number of nitrogens with one attached hydrogen (secondary N) is 1. The second kappa shape index (κ2) is 6.87. The maximum Gasteiger partial charge on any atom is 0.251 e. The van der Waals surface area contributed by atoms with Gasteiger partial charge in [0.15, 0.2) is 5.82 Å². The molecule has 2 atom stereocenters. The van der Waals surface area contributed by atoms with Crippen LogP contribution in [0, 0.1) is 0 Å². The summed E-state index contributed by atoms with van der Waals surface area (Å²) >= 11 is 0. The number of aromatic nitrogens is 4. The first-order valence-electron chi connectivity index (χ1n) is 8.03. The number of piperidine rings is 1. The fourth-order valence-electron chi connectivity index (χ4n) is 3.10. The molecule has 1 fully saturated rings. The van der Waals surface area contributed by atoms with Gasteiger partial charge in [-0.15, -0.1) is 0 Å². The first kappa shape index (κ1) is 15.6. The summed E-state index contributed by atoms with van der Waals surface area (Å²) in [6.07, 6.45) is 6.60. The van der Waals surface area contributed by atoms with Gasteiger partial charge in [-0.3, -0.25) is 4.79 Å². The number of pyridine rings is 1. The van der Waals surface area contributed by atoms with Gasteiger partial charge in [0.2, 0.25) is 0 Å². The Morgan fingerprint density at radius 2 is 2.35 bits per heavy atom. The van der Waals surface area contributed by atoms with E-state index in [1.165, 1.54) is 6.33 Å². The lowest BCUT2D eigenvalue weighted by atomic mass is 9.98. The van der Waals surface area contributed by atoms with Crippen molar-refractivity contribution in [3.63, 3.8) is 0 Å². The Morgan fingerprint density at radius 3 is 3.04 bits per heavy atom.